The Morgan fingerprint density at radius 3 is 2.46 bits per heavy atom. The molecule has 2 aromatic carbocycles. The van der Waals surface area contributed by atoms with Gasteiger partial charge in [-0.05, 0) is 67.6 Å². The van der Waals surface area contributed by atoms with Gasteiger partial charge in [-0.25, -0.2) is 0 Å². The van der Waals surface area contributed by atoms with Crippen LogP contribution in [-0.4, -0.2) is 35.8 Å². The molecule has 5 nitrogen and oxygen atoms in total. The van der Waals surface area contributed by atoms with Crippen LogP contribution >= 0.6 is 0 Å². The van der Waals surface area contributed by atoms with Crippen LogP contribution in [0.2, 0.25) is 0 Å². The quantitative estimate of drug-likeness (QED) is 0.738. The van der Waals surface area contributed by atoms with Crippen molar-refractivity contribution in [2.45, 2.75) is 45.1 Å². The van der Waals surface area contributed by atoms with Gasteiger partial charge in [0, 0.05) is 30.3 Å². The Bertz CT molecular complexity index is 817. The number of hydrogen-bond donors (Lipinski definition) is 2. The maximum atomic E-state index is 12.4. The molecule has 148 valence electrons. The highest BCUT2D eigenvalue weighted by molar-refractivity contribution is 5.94. The van der Waals surface area contributed by atoms with Crippen LogP contribution in [0.25, 0.3) is 0 Å². The molecule has 0 saturated heterocycles. The molecule has 5 heteroatoms. The molecule has 0 spiro atoms. The van der Waals surface area contributed by atoms with Gasteiger partial charge < -0.3 is 11.1 Å². The first-order valence-corrected chi connectivity index (χ1v) is 10.1. The molecule has 0 heterocycles. The number of carbonyl (C=O) groups is 2. The normalized spacial score (nSPS) is 15.9. The summed E-state index contributed by atoms with van der Waals surface area (Å²) in [5.74, 6) is -0.480. The number of anilines is 1. The molecule has 0 aromatic heterocycles. The number of fused-ring (bicyclic) bond motifs is 1. The van der Waals surface area contributed by atoms with Crippen LogP contribution in [0.4, 0.5) is 5.69 Å². The summed E-state index contributed by atoms with van der Waals surface area (Å²) < 4.78 is 0. The first-order valence-electron chi connectivity index (χ1n) is 10.1. The van der Waals surface area contributed by atoms with E-state index in [2.05, 4.69) is 41.4 Å². The maximum absolute atomic E-state index is 12.4. The van der Waals surface area contributed by atoms with E-state index in [0.29, 0.717) is 23.7 Å². The molecule has 0 aliphatic heterocycles. The highest BCUT2D eigenvalue weighted by atomic mass is 16.2. The molecular weight excluding hydrogens is 350 g/mol. The van der Waals surface area contributed by atoms with E-state index < -0.39 is 5.91 Å². The fourth-order valence-corrected chi connectivity index (χ4v) is 3.94. The van der Waals surface area contributed by atoms with Crippen LogP contribution in [-0.2, 0) is 17.6 Å². The summed E-state index contributed by atoms with van der Waals surface area (Å²) in [6.45, 7) is 3.95. The zero-order valence-corrected chi connectivity index (χ0v) is 16.5. The third-order valence-electron chi connectivity index (χ3n) is 5.43. The van der Waals surface area contributed by atoms with Crippen molar-refractivity contribution in [1.82, 2.24) is 4.90 Å². The summed E-state index contributed by atoms with van der Waals surface area (Å²) >= 11 is 0. The number of nitrogens with one attached hydrogen (secondary N) is 1. The van der Waals surface area contributed by atoms with Gasteiger partial charge >= 0.3 is 0 Å². The lowest BCUT2D eigenvalue weighted by Gasteiger charge is -2.35. The van der Waals surface area contributed by atoms with E-state index in [1.54, 1.807) is 24.3 Å². The van der Waals surface area contributed by atoms with Gasteiger partial charge in [0.25, 0.3) is 0 Å². The number of nitrogens with two attached hydrogens (primary N) is 1. The Balaban J connectivity index is 1.54. The zero-order valence-electron chi connectivity index (χ0n) is 16.5. The minimum Gasteiger partial charge on any atom is -0.366 e. The van der Waals surface area contributed by atoms with Crippen molar-refractivity contribution in [3.63, 3.8) is 0 Å². The van der Waals surface area contributed by atoms with E-state index in [1.807, 2.05) is 0 Å². The summed E-state index contributed by atoms with van der Waals surface area (Å²) in [5, 5.41) is 2.91. The van der Waals surface area contributed by atoms with Crippen LogP contribution in [0.5, 0.6) is 0 Å². The van der Waals surface area contributed by atoms with Crippen molar-refractivity contribution < 1.29 is 9.59 Å². The summed E-state index contributed by atoms with van der Waals surface area (Å²) in [7, 11) is 0. The number of amides is 2. The second-order valence-electron chi connectivity index (χ2n) is 7.44. The molecule has 3 N–H and O–H groups in total. The minimum atomic E-state index is -0.470. The molecule has 0 fully saturated rings. The van der Waals surface area contributed by atoms with Gasteiger partial charge in [-0.3, -0.25) is 14.5 Å². The van der Waals surface area contributed by atoms with E-state index in [4.69, 9.17) is 5.73 Å². The van der Waals surface area contributed by atoms with Gasteiger partial charge in [0.2, 0.25) is 11.8 Å². The second-order valence-corrected chi connectivity index (χ2v) is 7.44. The van der Waals surface area contributed by atoms with Crippen molar-refractivity contribution in [2.75, 3.05) is 18.4 Å². The molecular formula is C23H29N3O2. The standard InChI is InChI=1S/C23H29N3O2/c1-2-14-26(21-12-9-17-5-3-4-6-19(17)16-21)15-13-22(27)25-20-10-7-18(8-11-20)23(24)28/h3-8,10-11,21H,2,9,12-16H2,1H3,(H2,24,28)(H,25,27). The van der Waals surface area contributed by atoms with Crippen LogP contribution < -0.4 is 11.1 Å². The predicted octanol–water partition coefficient (Wildman–Crippen LogP) is 3.38. The number of nitrogens with zero attached hydrogens (tertiary/aromatic N) is 1. The topological polar surface area (TPSA) is 75.4 Å². The van der Waals surface area contributed by atoms with Crippen LogP contribution in [0.3, 0.4) is 0 Å². The van der Waals surface area contributed by atoms with Crippen molar-refractivity contribution in [1.29, 1.82) is 0 Å². The summed E-state index contributed by atoms with van der Waals surface area (Å²) in [6.07, 6.45) is 4.85. The molecule has 1 aliphatic carbocycles. The number of primary amides is 1. The third-order valence-corrected chi connectivity index (χ3v) is 5.43. The summed E-state index contributed by atoms with van der Waals surface area (Å²) in [4.78, 5) is 26.0. The molecule has 28 heavy (non-hydrogen) atoms. The van der Waals surface area contributed by atoms with Crippen LogP contribution in [0.15, 0.2) is 48.5 Å². The van der Waals surface area contributed by atoms with Gasteiger partial charge in [-0.1, -0.05) is 31.2 Å². The fourth-order valence-electron chi connectivity index (χ4n) is 3.94. The van der Waals surface area contributed by atoms with E-state index >= 15 is 0 Å². The first-order chi connectivity index (χ1) is 13.6. The van der Waals surface area contributed by atoms with Crippen LogP contribution in [0, 0.1) is 0 Å². The number of carbonyl (C=O) groups excluding carboxylic acids is 2. The van der Waals surface area contributed by atoms with Crippen molar-refractivity contribution in [3.05, 3.63) is 65.2 Å². The third kappa shape index (κ3) is 5.20. The van der Waals surface area contributed by atoms with Gasteiger partial charge in [-0.15, -0.1) is 0 Å². The smallest absolute Gasteiger partial charge is 0.248 e. The predicted molar refractivity (Wildman–Crippen MR) is 112 cm³/mol. The second kappa shape index (κ2) is 9.51. The number of aryl methyl sites for hydroxylation is 1. The molecule has 0 saturated carbocycles. The first kappa shape index (κ1) is 20.1. The van der Waals surface area contributed by atoms with Gasteiger partial charge in [-0.2, -0.15) is 0 Å². The van der Waals surface area contributed by atoms with Crippen molar-refractivity contribution >= 4 is 17.5 Å². The Hall–Kier alpha value is -2.66. The lowest BCUT2D eigenvalue weighted by molar-refractivity contribution is -0.116. The fraction of sp³-hybridized carbons (Fsp3) is 0.391. The van der Waals surface area contributed by atoms with Crippen molar-refractivity contribution in [3.8, 4) is 0 Å². The molecule has 2 aromatic rings. The molecule has 1 aliphatic rings. The van der Waals surface area contributed by atoms with Crippen LogP contribution in [0.1, 0.15) is 47.7 Å². The number of rotatable bonds is 8. The number of hydrogen-bond acceptors (Lipinski definition) is 3. The summed E-state index contributed by atoms with van der Waals surface area (Å²) in [6, 6.07) is 15.9. The monoisotopic (exact) mass is 379 g/mol. The van der Waals surface area contributed by atoms with E-state index in [9.17, 15) is 9.59 Å². The molecule has 0 radical (unpaired) electrons. The maximum Gasteiger partial charge on any atom is 0.248 e. The average molecular weight is 380 g/mol. The molecule has 1 atom stereocenters. The highest BCUT2D eigenvalue weighted by Crippen LogP contribution is 2.25. The molecule has 0 bridgehead atoms. The molecule has 3 rings (SSSR count). The van der Waals surface area contributed by atoms with Gasteiger partial charge in [0.1, 0.15) is 0 Å². The zero-order chi connectivity index (χ0) is 19.9. The highest BCUT2D eigenvalue weighted by Gasteiger charge is 2.24. The Kier molecular flexibility index (Phi) is 6.82. The lowest BCUT2D eigenvalue weighted by Crippen LogP contribution is -2.41. The minimum absolute atomic E-state index is 0.0101. The Labute approximate surface area is 166 Å². The van der Waals surface area contributed by atoms with Gasteiger partial charge in [0.15, 0.2) is 0 Å². The van der Waals surface area contributed by atoms with E-state index in [0.717, 1.165) is 38.8 Å². The van der Waals surface area contributed by atoms with Gasteiger partial charge in [0.05, 0.1) is 0 Å². The molecule has 1 unspecified atom stereocenters. The average Bonchev–Trinajstić information content (AvgIpc) is 2.71. The van der Waals surface area contributed by atoms with E-state index in [-0.39, 0.29) is 5.91 Å². The lowest BCUT2D eigenvalue weighted by atomic mass is 9.87. The number of benzene rings is 2. The van der Waals surface area contributed by atoms with Crippen molar-refractivity contribution in [2.24, 2.45) is 5.73 Å². The Morgan fingerprint density at radius 2 is 1.79 bits per heavy atom. The summed E-state index contributed by atoms with van der Waals surface area (Å²) in [5.41, 5.74) is 9.27. The Morgan fingerprint density at radius 1 is 1.07 bits per heavy atom. The SMILES string of the molecule is CCCN(CCC(=O)Nc1ccc(C(N)=O)cc1)C1CCc2ccccc2C1. The largest absolute Gasteiger partial charge is 0.366 e. The molecule has 2 amide bonds. The van der Waals surface area contributed by atoms with E-state index in [1.165, 1.54) is 11.1 Å².